The molecular formula is C25H26Cl2N4O2. The second kappa shape index (κ2) is 7.95. The molecule has 33 heavy (non-hydrogen) atoms. The summed E-state index contributed by atoms with van der Waals surface area (Å²) < 4.78 is 0. The van der Waals surface area contributed by atoms with Crippen molar-refractivity contribution < 1.29 is 9.59 Å². The van der Waals surface area contributed by atoms with Crippen molar-refractivity contribution in [2.45, 2.75) is 51.5 Å². The molecule has 0 saturated heterocycles. The third kappa shape index (κ3) is 3.71. The van der Waals surface area contributed by atoms with Crippen molar-refractivity contribution in [2.75, 3.05) is 11.9 Å². The second-order valence-corrected chi connectivity index (χ2v) is 11.2. The largest absolute Gasteiger partial charge is 0.332 e. The van der Waals surface area contributed by atoms with Crippen LogP contribution < -0.4 is 5.32 Å². The summed E-state index contributed by atoms with van der Waals surface area (Å²) in [5.41, 5.74) is 1.90. The summed E-state index contributed by atoms with van der Waals surface area (Å²) in [6, 6.07) is 4.90. The summed E-state index contributed by atoms with van der Waals surface area (Å²) in [5.74, 6) is 2.72. The van der Waals surface area contributed by atoms with Crippen molar-refractivity contribution in [3.05, 3.63) is 51.4 Å². The maximum Gasteiger partial charge on any atom is 0.255 e. The van der Waals surface area contributed by atoms with E-state index in [2.05, 4.69) is 15.3 Å². The summed E-state index contributed by atoms with van der Waals surface area (Å²) in [5, 5.41) is 4.02. The number of aromatic nitrogens is 2. The fraction of sp³-hybridized carbons (Fsp3) is 0.520. The smallest absolute Gasteiger partial charge is 0.255 e. The van der Waals surface area contributed by atoms with Gasteiger partial charge in [-0.05, 0) is 80.9 Å². The van der Waals surface area contributed by atoms with Gasteiger partial charge in [0.25, 0.3) is 5.91 Å². The van der Waals surface area contributed by atoms with E-state index >= 15 is 0 Å². The van der Waals surface area contributed by atoms with E-state index in [0.29, 0.717) is 58.7 Å². The number of amides is 2. The van der Waals surface area contributed by atoms with Gasteiger partial charge in [-0.1, -0.05) is 23.2 Å². The van der Waals surface area contributed by atoms with Crippen molar-refractivity contribution in [1.29, 1.82) is 0 Å². The highest BCUT2D eigenvalue weighted by molar-refractivity contribution is 6.36. The Balaban J connectivity index is 1.21. The van der Waals surface area contributed by atoms with Gasteiger partial charge in [0.15, 0.2) is 0 Å². The van der Waals surface area contributed by atoms with Crippen molar-refractivity contribution in [3.63, 3.8) is 0 Å². The zero-order valence-corrected chi connectivity index (χ0v) is 19.8. The molecule has 7 rings (SSSR count). The Morgan fingerprint density at radius 1 is 1.03 bits per heavy atom. The second-order valence-electron chi connectivity index (χ2n) is 10.4. The van der Waals surface area contributed by atoms with Crippen LogP contribution in [0.5, 0.6) is 0 Å². The SMILES string of the molecule is O=C(c1ccc(Cl)cc1Cl)N1CCc2c(ncnc2NC(=O)C23CC4CC(CC(C4)C2)C3)C1. The van der Waals surface area contributed by atoms with Crippen LogP contribution in [0, 0.1) is 23.2 Å². The Bertz CT molecular complexity index is 1120. The minimum absolute atomic E-state index is 0.133. The Morgan fingerprint density at radius 2 is 1.73 bits per heavy atom. The molecule has 1 N–H and O–H groups in total. The van der Waals surface area contributed by atoms with Crippen LogP contribution in [-0.4, -0.2) is 33.2 Å². The topological polar surface area (TPSA) is 75.2 Å². The van der Waals surface area contributed by atoms with Crippen LogP contribution in [0.4, 0.5) is 5.82 Å². The number of nitrogens with one attached hydrogen (secondary N) is 1. The summed E-state index contributed by atoms with van der Waals surface area (Å²) in [6.45, 7) is 0.869. The maximum atomic E-state index is 13.5. The highest BCUT2D eigenvalue weighted by Crippen LogP contribution is 2.60. The standard InChI is InChI=1S/C25H26Cl2N4O2/c26-17-1-2-18(20(27)8-17)23(32)31-4-3-19-21(12-31)28-13-29-22(19)30-24(33)25-9-14-5-15(10-25)7-16(6-14)11-25/h1-2,8,13-16H,3-7,9-12H2,(H,28,29,30,33). The van der Waals surface area contributed by atoms with Crippen LogP contribution in [0.15, 0.2) is 24.5 Å². The Hall–Kier alpha value is -2.18. The van der Waals surface area contributed by atoms with E-state index in [4.69, 9.17) is 23.2 Å². The first-order chi connectivity index (χ1) is 15.9. The average molecular weight is 485 g/mol. The maximum absolute atomic E-state index is 13.5. The van der Waals surface area contributed by atoms with Crippen LogP contribution in [-0.2, 0) is 17.8 Å². The van der Waals surface area contributed by atoms with Crippen LogP contribution in [0.3, 0.4) is 0 Å². The normalized spacial score (nSPS) is 29.6. The summed E-state index contributed by atoms with van der Waals surface area (Å²) in [7, 11) is 0. The number of benzene rings is 1. The van der Waals surface area contributed by atoms with E-state index in [1.165, 1.54) is 25.6 Å². The lowest BCUT2D eigenvalue weighted by atomic mass is 9.49. The predicted molar refractivity (Wildman–Crippen MR) is 126 cm³/mol. The molecule has 0 radical (unpaired) electrons. The average Bonchev–Trinajstić information content (AvgIpc) is 2.77. The molecule has 4 saturated carbocycles. The van der Waals surface area contributed by atoms with E-state index in [9.17, 15) is 9.59 Å². The monoisotopic (exact) mass is 484 g/mol. The Kier molecular flexibility index (Phi) is 5.15. The highest BCUT2D eigenvalue weighted by atomic mass is 35.5. The van der Waals surface area contributed by atoms with E-state index in [1.54, 1.807) is 23.1 Å². The third-order valence-corrected chi connectivity index (χ3v) is 8.76. The van der Waals surface area contributed by atoms with Gasteiger partial charge >= 0.3 is 0 Å². The van der Waals surface area contributed by atoms with Crippen molar-refractivity contribution >= 4 is 40.8 Å². The fourth-order valence-electron chi connectivity index (χ4n) is 7.10. The number of hydrogen-bond acceptors (Lipinski definition) is 4. The first-order valence-electron chi connectivity index (χ1n) is 11.8. The Morgan fingerprint density at radius 3 is 2.39 bits per heavy atom. The lowest BCUT2D eigenvalue weighted by molar-refractivity contribution is -0.140. The fourth-order valence-corrected chi connectivity index (χ4v) is 7.59. The molecule has 6 nitrogen and oxygen atoms in total. The summed E-state index contributed by atoms with van der Waals surface area (Å²) in [6.07, 6.45) is 9.03. The van der Waals surface area contributed by atoms with Gasteiger partial charge in [0, 0.05) is 17.1 Å². The highest BCUT2D eigenvalue weighted by Gasteiger charge is 2.54. The van der Waals surface area contributed by atoms with Crippen LogP contribution in [0.1, 0.15) is 60.1 Å². The quantitative estimate of drug-likeness (QED) is 0.654. The third-order valence-electron chi connectivity index (χ3n) is 8.21. The van der Waals surface area contributed by atoms with Crippen LogP contribution in [0.25, 0.3) is 0 Å². The molecule has 8 heteroatoms. The molecule has 0 atom stereocenters. The molecular weight excluding hydrogens is 459 g/mol. The molecule has 5 aliphatic rings. The molecule has 2 aromatic rings. The number of hydrogen-bond donors (Lipinski definition) is 1. The van der Waals surface area contributed by atoms with Crippen LogP contribution in [0.2, 0.25) is 10.0 Å². The first kappa shape index (κ1) is 21.4. The number of anilines is 1. The molecule has 2 heterocycles. The number of nitrogens with zero attached hydrogens (tertiary/aromatic N) is 3. The van der Waals surface area contributed by atoms with Gasteiger partial charge < -0.3 is 10.2 Å². The zero-order valence-electron chi connectivity index (χ0n) is 18.3. The number of carbonyl (C=O) groups is 2. The van der Waals surface area contributed by atoms with Gasteiger partial charge in [0.2, 0.25) is 5.91 Å². The molecule has 1 aliphatic heterocycles. The number of halogens is 2. The van der Waals surface area contributed by atoms with E-state index < -0.39 is 0 Å². The number of rotatable bonds is 3. The van der Waals surface area contributed by atoms with E-state index in [-0.39, 0.29) is 17.2 Å². The predicted octanol–water partition coefficient (Wildman–Crippen LogP) is 5.14. The van der Waals surface area contributed by atoms with Crippen LogP contribution >= 0.6 is 23.2 Å². The molecule has 1 aromatic carbocycles. The lowest BCUT2D eigenvalue weighted by Crippen LogP contribution is -2.52. The first-order valence-corrected chi connectivity index (χ1v) is 12.5. The number of fused-ring (bicyclic) bond motifs is 1. The van der Waals surface area contributed by atoms with Gasteiger partial charge in [0.05, 0.1) is 28.2 Å². The van der Waals surface area contributed by atoms with Crippen molar-refractivity contribution in [3.8, 4) is 0 Å². The molecule has 4 aliphatic carbocycles. The molecule has 0 spiro atoms. The molecule has 4 bridgehead atoms. The van der Waals surface area contributed by atoms with E-state index in [1.807, 2.05) is 0 Å². The van der Waals surface area contributed by atoms with Gasteiger partial charge in [-0.3, -0.25) is 9.59 Å². The molecule has 1 aromatic heterocycles. The molecule has 172 valence electrons. The molecule has 0 unspecified atom stereocenters. The number of carbonyl (C=O) groups excluding carboxylic acids is 2. The minimum atomic E-state index is -0.228. The minimum Gasteiger partial charge on any atom is -0.332 e. The summed E-state index contributed by atoms with van der Waals surface area (Å²) in [4.78, 5) is 37.2. The molecule has 4 fully saturated rings. The van der Waals surface area contributed by atoms with Gasteiger partial charge in [-0.15, -0.1) is 0 Å². The summed E-state index contributed by atoms with van der Waals surface area (Å²) >= 11 is 12.2. The zero-order chi connectivity index (χ0) is 22.7. The van der Waals surface area contributed by atoms with Crippen molar-refractivity contribution in [1.82, 2.24) is 14.9 Å². The van der Waals surface area contributed by atoms with Crippen molar-refractivity contribution in [2.24, 2.45) is 23.2 Å². The Labute approximate surface area is 203 Å². The molecule has 2 amide bonds. The van der Waals surface area contributed by atoms with E-state index in [0.717, 1.165) is 30.5 Å². The lowest BCUT2D eigenvalue weighted by Gasteiger charge is -2.55. The van der Waals surface area contributed by atoms with Gasteiger partial charge in [0.1, 0.15) is 12.1 Å². The van der Waals surface area contributed by atoms with Gasteiger partial charge in [-0.25, -0.2) is 9.97 Å². The van der Waals surface area contributed by atoms with Gasteiger partial charge in [-0.2, -0.15) is 0 Å².